The molecule has 2 N–H and O–H groups in total. The zero-order valence-corrected chi connectivity index (χ0v) is 23.1. The minimum absolute atomic E-state index is 0.0613. The Morgan fingerprint density at radius 2 is 1.83 bits per heavy atom. The molecule has 4 aliphatic heterocycles. The number of carbonyl (C=O) groups excluding carboxylic acids is 2. The van der Waals surface area contributed by atoms with Crippen LogP contribution in [0.15, 0.2) is 54.6 Å². The first-order chi connectivity index (χ1) is 20.0. The third-order valence-corrected chi connectivity index (χ3v) is 8.01. The molecule has 1 unspecified atom stereocenters. The van der Waals surface area contributed by atoms with E-state index in [4.69, 9.17) is 18.9 Å². The van der Waals surface area contributed by atoms with E-state index in [0.717, 1.165) is 29.5 Å². The standard InChI is InChI=1S/C32H34N2O7/c1-38-28-8-3-22-18-29(28)40-14-2-12-33-31(36)26-19-24(5-7-27(26)35)41-23-4-6-25-21(17-23)9-13-34(30(22)25)32(37)20-10-15-39-16-11-20/h3-8,17-20,30,35H,2,9-16H2,1H3,(H,33,36). The maximum Gasteiger partial charge on any atom is 0.255 e. The molecule has 7 rings (SSSR count). The van der Waals surface area contributed by atoms with E-state index in [-0.39, 0.29) is 29.2 Å². The summed E-state index contributed by atoms with van der Waals surface area (Å²) >= 11 is 0. The number of methoxy groups -OCH3 is 1. The summed E-state index contributed by atoms with van der Waals surface area (Å²) in [4.78, 5) is 28.7. The van der Waals surface area contributed by atoms with Gasteiger partial charge in [-0.1, -0.05) is 12.1 Å². The summed E-state index contributed by atoms with van der Waals surface area (Å²) in [5.41, 5.74) is 3.19. The Labute approximate surface area is 239 Å². The zero-order valence-electron chi connectivity index (χ0n) is 23.1. The second kappa shape index (κ2) is 11.7. The molecular formula is C32H34N2O7. The lowest BCUT2D eigenvalue weighted by Crippen LogP contribution is -2.44. The third-order valence-electron chi connectivity index (χ3n) is 8.01. The first kappa shape index (κ1) is 27.0. The first-order valence-corrected chi connectivity index (χ1v) is 14.1. The number of fused-ring (bicyclic) bond motifs is 6. The minimum Gasteiger partial charge on any atom is -0.507 e. The summed E-state index contributed by atoms with van der Waals surface area (Å²) in [5.74, 6) is 1.81. The molecule has 2 amide bonds. The van der Waals surface area contributed by atoms with Crippen molar-refractivity contribution < 1.29 is 33.6 Å². The van der Waals surface area contributed by atoms with Gasteiger partial charge in [0.25, 0.3) is 5.91 Å². The smallest absolute Gasteiger partial charge is 0.255 e. The molecule has 0 radical (unpaired) electrons. The van der Waals surface area contributed by atoms with Gasteiger partial charge in [0.2, 0.25) is 5.91 Å². The number of amides is 2. The maximum atomic E-state index is 13.9. The van der Waals surface area contributed by atoms with Gasteiger partial charge in [-0.25, -0.2) is 0 Å². The number of aromatic hydroxyl groups is 1. The van der Waals surface area contributed by atoms with Crippen molar-refractivity contribution >= 4 is 11.8 Å². The number of ether oxygens (including phenoxy) is 4. The summed E-state index contributed by atoms with van der Waals surface area (Å²) < 4.78 is 23.4. The Bertz CT molecular complexity index is 1450. The van der Waals surface area contributed by atoms with Crippen molar-refractivity contribution in [1.82, 2.24) is 10.2 Å². The highest BCUT2D eigenvalue weighted by Gasteiger charge is 2.36. The monoisotopic (exact) mass is 558 g/mol. The van der Waals surface area contributed by atoms with Crippen molar-refractivity contribution in [3.8, 4) is 28.7 Å². The maximum absolute atomic E-state index is 13.9. The molecule has 0 aromatic heterocycles. The lowest BCUT2D eigenvalue weighted by molar-refractivity contribution is -0.140. The van der Waals surface area contributed by atoms with Crippen molar-refractivity contribution in [2.45, 2.75) is 31.7 Å². The summed E-state index contributed by atoms with van der Waals surface area (Å²) in [5, 5.41) is 13.1. The van der Waals surface area contributed by atoms with Gasteiger partial charge in [-0.15, -0.1) is 0 Å². The normalized spacial score (nSPS) is 19.3. The van der Waals surface area contributed by atoms with Crippen LogP contribution < -0.4 is 19.5 Å². The van der Waals surface area contributed by atoms with E-state index in [1.807, 2.05) is 41.3 Å². The van der Waals surface area contributed by atoms with Crippen molar-refractivity contribution in [1.29, 1.82) is 0 Å². The second-order valence-electron chi connectivity index (χ2n) is 10.6. The van der Waals surface area contributed by atoms with Crippen molar-refractivity contribution in [3.63, 3.8) is 0 Å². The van der Waals surface area contributed by atoms with E-state index in [1.165, 1.54) is 12.1 Å². The summed E-state index contributed by atoms with van der Waals surface area (Å²) in [7, 11) is 1.60. The van der Waals surface area contributed by atoms with Crippen LogP contribution in [0.25, 0.3) is 0 Å². The second-order valence-corrected chi connectivity index (χ2v) is 10.6. The largest absolute Gasteiger partial charge is 0.507 e. The van der Waals surface area contributed by atoms with Crippen LogP contribution in [0.1, 0.15) is 52.4 Å². The molecule has 4 aliphatic rings. The van der Waals surface area contributed by atoms with Crippen molar-refractivity contribution in [2.24, 2.45) is 5.92 Å². The molecular weight excluding hydrogens is 524 g/mol. The van der Waals surface area contributed by atoms with Gasteiger partial charge >= 0.3 is 0 Å². The number of carbonyl (C=O) groups is 2. The predicted molar refractivity (Wildman–Crippen MR) is 151 cm³/mol. The number of phenolic OH excluding ortho intramolecular Hbond substituents is 1. The van der Waals surface area contributed by atoms with Gasteiger partial charge < -0.3 is 34.3 Å². The molecule has 41 heavy (non-hydrogen) atoms. The molecule has 9 nitrogen and oxygen atoms in total. The van der Waals surface area contributed by atoms with Crippen LogP contribution in [0.4, 0.5) is 0 Å². The fraction of sp³-hybridized carbons (Fsp3) is 0.375. The molecule has 214 valence electrons. The first-order valence-electron chi connectivity index (χ1n) is 14.1. The Morgan fingerprint density at radius 1 is 1.02 bits per heavy atom. The van der Waals surface area contributed by atoms with Gasteiger partial charge in [0, 0.05) is 32.2 Å². The summed E-state index contributed by atoms with van der Waals surface area (Å²) in [6.07, 6.45) is 2.67. The number of nitrogens with zero attached hydrogens (tertiary/aromatic N) is 1. The molecule has 1 fully saturated rings. The number of hydrogen-bond acceptors (Lipinski definition) is 7. The lowest BCUT2D eigenvalue weighted by atomic mass is 9.86. The van der Waals surface area contributed by atoms with Crippen LogP contribution in [-0.2, 0) is 16.0 Å². The Hall–Kier alpha value is -4.24. The molecule has 4 heterocycles. The van der Waals surface area contributed by atoms with Gasteiger partial charge in [-0.2, -0.15) is 0 Å². The summed E-state index contributed by atoms with van der Waals surface area (Å²) in [6.45, 7) is 2.47. The van der Waals surface area contributed by atoms with Crippen LogP contribution in [-0.4, -0.2) is 61.8 Å². The average Bonchev–Trinajstić information content (AvgIpc) is 3.00. The van der Waals surface area contributed by atoms with E-state index in [9.17, 15) is 14.7 Å². The average molecular weight is 559 g/mol. The molecule has 1 saturated heterocycles. The number of hydrogen-bond donors (Lipinski definition) is 2. The van der Waals surface area contributed by atoms with Crippen LogP contribution in [0.3, 0.4) is 0 Å². The highest BCUT2D eigenvalue weighted by molar-refractivity contribution is 5.97. The number of benzene rings is 3. The van der Waals surface area contributed by atoms with E-state index in [0.29, 0.717) is 68.7 Å². The van der Waals surface area contributed by atoms with Crippen molar-refractivity contribution in [3.05, 3.63) is 76.9 Å². The third kappa shape index (κ3) is 5.54. The highest BCUT2D eigenvalue weighted by atomic mass is 16.5. The number of nitrogens with one attached hydrogen (secondary N) is 1. The van der Waals surface area contributed by atoms with Crippen LogP contribution in [0.2, 0.25) is 0 Å². The molecule has 0 aliphatic carbocycles. The molecule has 9 heteroatoms. The van der Waals surface area contributed by atoms with E-state index in [1.54, 1.807) is 13.2 Å². The molecule has 0 saturated carbocycles. The molecule has 0 spiro atoms. The van der Waals surface area contributed by atoms with Gasteiger partial charge in [0.1, 0.15) is 17.2 Å². The molecule has 3 aromatic rings. The van der Waals surface area contributed by atoms with Gasteiger partial charge in [0.05, 0.1) is 25.3 Å². The van der Waals surface area contributed by atoms with Crippen molar-refractivity contribution in [2.75, 3.05) is 40.0 Å². The minimum atomic E-state index is -0.392. The number of rotatable bonds is 2. The molecule has 8 bridgehead atoms. The van der Waals surface area contributed by atoms with Gasteiger partial charge in [0.15, 0.2) is 11.5 Å². The molecule has 3 aromatic carbocycles. The van der Waals surface area contributed by atoms with E-state index in [2.05, 4.69) is 5.32 Å². The SMILES string of the molecule is COc1ccc2cc1OCCCNC(=O)c1cc(ccc1O)Oc1ccc3c(c1)CCN(C(=O)C1CCOCC1)C23. The van der Waals surface area contributed by atoms with E-state index >= 15 is 0 Å². The predicted octanol–water partition coefficient (Wildman–Crippen LogP) is 4.61. The fourth-order valence-electron chi connectivity index (χ4n) is 5.87. The quantitative estimate of drug-likeness (QED) is 0.473. The van der Waals surface area contributed by atoms with Gasteiger partial charge in [-0.3, -0.25) is 9.59 Å². The Kier molecular flexibility index (Phi) is 7.69. The highest BCUT2D eigenvalue weighted by Crippen LogP contribution is 2.42. The van der Waals surface area contributed by atoms with Crippen LogP contribution in [0, 0.1) is 5.92 Å². The molecule has 1 atom stereocenters. The fourth-order valence-corrected chi connectivity index (χ4v) is 5.87. The number of phenols is 1. The van der Waals surface area contributed by atoms with Gasteiger partial charge in [-0.05, 0) is 84.8 Å². The zero-order chi connectivity index (χ0) is 28.3. The lowest BCUT2D eigenvalue weighted by Gasteiger charge is -2.40. The topological polar surface area (TPSA) is 107 Å². The Morgan fingerprint density at radius 3 is 2.66 bits per heavy atom. The summed E-state index contributed by atoms with van der Waals surface area (Å²) in [6, 6.07) is 16.1. The van der Waals surface area contributed by atoms with Crippen LogP contribution in [0.5, 0.6) is 28.7 Å². The van der Waals surface area contributed by atoms with E-state index < -0.39 is 5.91 Å². The van der Waals surface area contributed by atoms with Crippen LogP contribution >= 0.6 is 0 Å². The Balaban J connectivity index is 1.43.